The second-order valence-electron chi connectivity index (χ2n) is 5.08. The highest BCUT2D eigenvalue weighted by Gasteiger charge is 2.35. The van der Waals surface area contributed by atoms with Crippen molar-refractivity contribution < 1.29 is 4.79 Å². The molecule has 0 aliphatic carbocycles. The van der Waals surface area contributed by atoms with E-state index in [1.807, 2.05) is 18.2 Å². The van der Waals surface area contributed by atoms with Gasteiger partial charge in [0.15, 0.2) is 0 Å². The molecule has 0 radical (unpaired) electrons. The van der Waals surface area contributed by atoms with Gasteiger partial charge in [-0.25, -0.2) is 4.79 Å². The molecule has 0 unspecified atom stereocenters. The molecule has 4 heteroatoms. The number of piperidine rings is 1. The Balaban J connectivity index is 2.13. The summed E-state index contributed by atoms with van der Waals surface area (Å²) < 4.78 is 0. The van der Waals surface area contributed by atoms with Gasteiger partial charge in [0.25, 0.3) is 0 Å². The van der Waals surface area contributed by atoms with Gasteiger partial charge in [-0.15, -0.1) is 0 Å². The Kier molecular flexibility index (Phi) is 4.80. The molecule has 1 heterocycles. The Bertz CT molecular complexity index is 399. The first-order valence-corrected chi connectivity index (χ1v) is 7.09. The maximum absolute atomic E-state index is 12.0. The fraction of sp³-hybridized carbons (Fsp3) is 0.533. The number of rotatable bonds is 4. The van der Waals surface area contributed by atoms with E-state index in [0.717, 1.165) is 38.9 Å². The van der Waals surface area contributed by atoms with Crippen LogP contribution >= 0.6 is 0 Å². The summed E-state index contributed by atoms with van der Waals surface area (Å²) in [4.78, 5) is 12.0. The molecule has 2 amide bonds. The molecule has 3 N–H and O–H groups in total. The van der Waals surface area contributed by atoms with Crippen molar-refractivity contribution in [2.75, 3.05) is 19.6 Å². The van der Waals surface area contributed by atoms with Gasteiger partial charge in [0, 0.05) is 6.54 Å². The number of carbonyl (C=O) groups is 1. The summed E-state index contributed by atoms with van der Waals surface area (Å²) in [6, 6.07) is 10.2. The maximum Gasteiger partial charge on any atom is 0.315 e. The van der Waals surface area contributed by atoms with E-state index in [2.05, 4.69) is 35.0 Å². The Morgan fingerprint density at radius 1 is 1.26 bits per heavy atom. The van der Waals surface area contributed by atoms with Gasteiger partial charge in [0.05, 0.1) is 5.54 Å². The standard InChI is InChI=1S/C15H23N3O/c1-2-10-17-14(19)18-15(8-11-16-12-9-15)13-6-4-3-5-7-13/h3-7,16H,2,8-12H2,1H3,(H2,17,18,19). The molecule has 1 aliphatic rings. The minimum Gasteiger partial charge on any atom is -0.338 e. The van der Waals surface area contributed by atoms with Crippen molar-refractivity contribution in [3.63, 3.8) is 0 Å². The second-order valence-corrected chi connectivity index (χ2v) is 5.08. The minimum atomic E-state index is -0.232. The first kappa shape index (κ1) is 13.9. The smallest absolute Gasteiger partial charge is 0.315 e. The van der Waals surface area contributed by atoms with Crippen LogP contribution < -0.4 is 16.0 Å². The molecule has 1 aromatic rings. The van der Waals surface area contributed by atoms with Crippen molar-refractivity contribution in [2.45, 2.75) is 31.7 Å². The molecule has 104 valence electrons. The Labute approximate surface area is 115 Å². The van der Waals surface area contributed by atoms with Crippen LogP contribution in [0.25, 0.3) is 0 Å². The van der Waals surface area contributed by atoms with Crippen molar-refractivity contribution in [1.29, 1.82) is 0 Å². The molecule has 0 spiro atoms. The normalized spacial score (nSPS) is 17.7. The molecule has 1 aliphatic heterocycles. The summed E-state index contributed by atoms with van der Waals surface area (Å²) in [6.45, 7) is 4.64. The second kappa shape index (κ2) is 6.57. The molecule has 0 saturated carbocycles. The van der Waals surface area contributed by atoms with E-state index in [4.69, 9.17) is 0 Å². The SMILES string of the molecule is CCCNC(=O)NC1(c2ccccc2)CCNCC1. The largest absolute Gasteiger partial charge is 0.338 e. The summed E-state index contributed by atoms with van der Waals surface area (Å²) in [5.74, 6) is 0. The van der Waals surface area contributed by atoms with E-state index in [1.54, 1.807) is 0 Å². The maximum atomic E-state index is 12.0. The number of nitrogens with one attached hydrogen (secondary N) is 3. The van der Waals surface area contributed by atoms with Crippen LogP contribution in [0.3, 0.4) is 0 Å². The van der Waals surface area contributed by atoms with E-state index < -0.39 is 0 Å². The zero-order chi connectivity index (χ0) is 13.6. The Hall–Kier alpha value is -1.55. The topological polar surface area (TPSA) is 53.2 Å². The summed E-state index contributed by atoms with van der Waals surface area (Å²) in [7, 11) is 0. The molecule has 19 heavy (non-hydrogen) atoms. The van der Waals surface area contributed by atoms with Crippen molar-refractivity contribution in [1.82, 2.24) is 16.0 Å². The van der Waals surface area contributed by atoms with Gasteiger partial charge >= 0.3 is 6.03 Å². The number of carbonyl (C=O) groups excluding carboxylic acids is 1. The van der Waals surface area contributed by atoms with Crippen LogP contribution in [0.1, 0.15) is 31.7 Å². The van der Waals surface area contributed by atoms with Gasteiger partial charge in [0.1, 0.15) is 0 Å². The lowest BCUT2D eigenvalue weighted by Crippen LogP contribution is -2.54. The van der Waals surface area contributed by atoms with Crippen LogP contribution in [0.5, 0.6) is 0 Å². The molecular weight excluding hydrogens is 238 g/mol. The van der Waals surface area contributed by atoms with Gasteiger partial charge in [-0.3, -0.25) is 0 Å². The van der Waals surface area contributed by atoms with E-state index in [0.29, 0.717) is 0 Å². The zero-order valence-electron chi connectivity index (χ0n) is 11.5. The number of amides is 2. The lowest BCUT2D eigenvalue weighted by atomic mass is 9.81. The van der Waals surface area contributed by atoms with Crippen molar-refractivity contribution in [3.05, 3.63) is 35.9 Å². The molecule has 2 rings (SSSR count). The first-order valence-electron chi connectivity index (χ1n) is 7.09. The fourth-order valence-electron chi connectivity index (χ4n) is 2.60. The average molecular weight is 261 g/mol. The molecule has 0 aromatic heterocycles. The monoisotopic (exact) mass is 261 g/mol. The minimum absolute atomic E-state index is 0.0624. The van der Waals surface area contributed by atoms with E-state index >= 15 is 0 Å². The van der Waals surface area contributed by atoms with Crippen LogP contribution in [-0.4, -0.2) is 25.7 Å². The molecule has 1 fully saturated rings. The quantitative estimate of drug-likeness (QED) is 0.776. The zero-order valence-corrected chi connectivity index (χ0v) is 11.5. The lowest BCUT2D eigenvalue weighted by molar-refractivity contribution is 0.207. The third-order valence-corrected chi connectivity index (χ3v) is 3.67. The van der Waals surface area contributed by atoms with E-state index in [-0.39, 0.29) is 11.6 Å². The number of hydrogen-bond acceptors (Lipinski definition) is 2. The van der Waals surface area contributed by atoms with Gasteiger partial charge < -0.3 is 16.0 Å². The third-order valence-electron chi connectivity index (χ3n) is 3.67. The molecule has 1 saturated heterocycles. The fourth-order valence-corrected chi connectivity index (χ4v) is 2.60. The number of benzene rings is 1. The van der Waals surface area contributed by atoms with Gasteiger partial charge in [-0.2, -0.15) is 0 Å². The van der Waals surface area contributed by atoms with E-state index in [1.165, 1.54) is 5.56 Å². The number of hydrogen-bond donors (Lipinski definition) is 3. The van der Waals surface area contributed by atoms with Crippen molar-refractivity contribution >= 4 is 6.03 Å². The summed E-state index contributed by atoms with van der Waals surface area (Å²) in [6.07, 6.45) is 2.81. The van der Waals surface area contributed by atoms with Gasteiger partial charge in [0.2, 0.25) is 0 Å². The predicted octanol–water partition coefficient (Wildman–Crippen LogP) is 1.97. The Morgan fingerprint density at radius 2 is 1.95 bits per heavy atom. The Morgan fingerprint density at radius 3 is 2.58 bits per heavy atom. The van der Waals surface area contributed by atoms with Crippen LogP contribution in [0.4, 0.5) is 4.79 Å². The van der Waals surface area contributed by atoms with Crippen LogP contribution in [0.2, 0.25) is 0 Å². The van der Waals surface area contributed by atoms with Crippen LogP contribution in [0, 0.1) is 0 Å². The van der Waals surface area contributed by atoms with Crippen molar-refractivity contribution in [2.24, 2.45) is 0 Å². The summed E-state index contributed by atoms with van der Waals surface area (Å²) in [5, 5.41) is 9.45. The first-order chi connectivity index (χ1) is 9.27. The summed E-state index contributed by atoms with van der Waals surface area (Å²) >= 11 is 0. The van der Waals surface area contributed by atoms with E-state index in [9.17, 15) is 4.79 Å². The van der Waals surface area contributed by atoms with Gasteiger partial charge in [-0.1, -0.05) is 37.3 Å². The highest BCUT2D eigenvalue weighted by molar-refractivity contribution is 5.75. The predicted molar refractivity (Wildman–Crippen MR) is 77.0 cm³/mol. The molecule has 1 aromatic carbocycles. The van der Waals surface area contributed by atoms with Gasteiger partial charge in [-0.05, 0) is 37.9 Å². The molecule has 0 bridgehead atoms. The van der Waals surface area contributed by atoms with Crippen molar-refractivity contribution in [3.8, 4) is 0 Å². The van der Waals surface area contributed by atoms with Crippen LogP contribution in [0.15, 0.2) is 30.3 Å². The summed E-state index contributed by atoms with van der Waals surface area (Å²) in [5.41, 5.74) is 0.966. The highest BCUT2D eigenvalue weighted by Crippen LogP contribution is 2.30. The molecule has 0 atom stereocenters. The highest BCUT2D eigenvalue weighted by atomic mass is 16.2. The molecule has 4 nitrogen and oxygen atoms in total. The lowest BCUT2D eigenvalue weighted by Gasteiger charge is -2.39. The molecular formula is C15H23N3O. The average Bonchev–Trinajstić information content (AvgIpc) is 2.47. The van der Waals surface area contributed by atoms with Crippen LogP contribution in [-0.2, 0) is 5.54 Å². The third kappa shape index (κ3) is 3.47. The number of urea groups is 1.